The number of benzene rings is 2. The summed E-state index contributed by atoms with van der Waals surface area (Å²) in [6, 6.07) is 11.4. The van der Waals surface area contributed by atoms with Crippen LogP contribution in [-0.4, -0.2) is 44.7 Å². The number of phenols is 1. The van der Waals surface area contributed by atoms with Crippen molar-refractivity contribution in [3.05, 3.63) is 53.1 Å². The van der Waals surface area contributed by atoms with Gasteiger partial charge in [-0.1, -0.05) is 78.8 Å². The van der Waals surface area contributed by atoms with Gasteiger partial charge in [-0.3, -0.25) is 24.0 Å². The summed E-state index contributed by atoms with van der Waals surface area (Å²) in [5, 5.41) is 23.2. The molecule has 0 amide bonds. The molecule has 2 N–H and O–H groups in total. The number of hydrogen-bond acceptors (Lipinski definition) is 7. The lowest BCUT2D eigenvalue weighted by Crippen LogP contribution is -2.76. The number of hydrogen-bond donors (Lipinski definition) is 2. The fourth-order valence-electron chi connectivity index (χ4n) is 9.08. The Balaban J connectivity index is 1.60. The Morgan fingerprint density at radius 2 is 1.60 bits per heavy atom. The van der Waals surface area contributed by atoms with E-state index in [1.165, 1.54) is 11.6 Å². The summed E-state index contributed by atoms with van der Waals surface area (Å²) in [6.45, 7) is 14.8. The maximum absolute atomic E-state index is 14.5. The molecule has 3 aliphatic carbocycles. The Morgan fingerprint density at radius 1 is 0.978 bits per heavy atom. The molecule has 0 spiro atoms. The van der Waals surface area contributed by atoms with Crippen LogP contribution in [0.5, 0.6) is 5.75 Å². The maximum atomic E-state index is 14.5. The van der Waals surface area contributed by atoms with Gasteiger partial charge < -0.3 is 10.2 Å². The Morgan fingerprint density at radius 3 is 2.16 bits per heavy atom. The van der Waals surface area contributed by atoms with Crippen molar-refractivity contribution in [2.24, 2.45) is 39.9 Å². The molecule has 0 bridgehead atoms. The van der Waals surface area contributed by atoms with Crippen LogP contribution in [0.15, 0.2) is 36.4 Å². The molecule has 7 heteroatoms. The minimum absolute atomic E-state index is 0.0210. The zero-order valence-corrected chi connectivity index (χ0v) is 27.7. The summed E-state index contributed by atoms with van der Waals surface area (Å²) in [6.07, 6.45) is 3.38. The number of rotatable bonds is 6. The fraction of sp³-hybridized carbons (Fsp3) is 0.553. The van der Waals surface area contributed by atoms with Crippen molar-refractivity contribution >= 4 is 28.9 Å². The van der Waals surface area contributed by atoms with Crippen molar-refractivity contribution < 1.29 is 34.2 Å². The normalized spacial score (nSPS) is 31.5. The monoisotopic (exact) mass is 614 g/mol. The van der Waals surface area contributed by atoms with Crippen molar-refractivity contribution in [3.63, 3.8) is 0 Å². The van der Waals surface area contributed by atoms with E-state index in [1.807, 2.05) is 12.1 Å². The molecule has 45 heavy (non-hydrogen) atoms. The molecule has 3 unspecified atom stereocenters. The zero-order chi connectivity index (χ0) is 33.4. The van der Waals surface area contributed by atoms with Gasteiger partial charge in [0, 0.05) is 11.3 Å². The SMILES string of the molecule is CC(=O)C1C(=O)C(C(C)C)[C@@]2(C)C[C@@]3(C)Cc4c(-c5ccc(CCCC(C)(C)C)cc5)ccc(O)c4C(=O)C3C(=O)[C@@]2(O)C1=O. The number of Topliss-reactive ketones (excluding diaryl/α,β-unsaturated/α-hetero) is 5. The average molecular weight is 615 g/mol. The molecule has 5 rings (SSSR count). The highest BCUT2D eigenvalue weighted by Crippen LogP contribution is 2.64. The molecule has 2 aromatic rings. The standard InChI is InChI=1S/C38H46O7/c1-20(2)29-31(41)27(21(3)39)33(43)38(45)34(44)30-32(42)28-25(18-36(30,7)19-37(29,38)8)24(15-16-26(28)40)23-13-11-22(12-14-23)10-9-17-35(4,5)6/h11-16,20,27,29-30,40,45H,9-10,17-19H2,1-8H3/t27?,29?,30?,36-,37-,38+/m1/s1. The first kappa shape index (κ1) is 32.9. The van der Waals surface area contributed by atoms with Crippen molar-refractivity contribution in [2.75, 3.05) is 0 Å². The molecular weight excluding hydrogens is 568 g/mol. The maximum Gasteiger partial charge on any atom is 0.190 e. The Hall–Kier alpha value is -3.45. The third kappa shape index (κ3) is 4.93. The number of phenolic OH excluding ortho intramolecular Hbond substituents is 1. The van der Waals surface area contributed by atoms with Crippen LogP contribution in [0.1, 0.15) is 96.1 Å². The van der Waals surface area contributed by atoms with E-state index in [-0.39, 0.29) is 35.5 Å². The summed E-state index contributed by atoms with van der Waals surface area (Å²) in [5.74, 6) is -8.85. The highest BCUT2D eigenvalue weighted by atomic mass is 16.3. The molecule has 3 aliphatic rings. The first-order chi connectivity index (χ1) is 20.8. The van der Waals surface area contributed by atoms with Gasteiger partial charge in [0.05, 0.1) is 11.5 Å². The second-order valence-corrected chi connectivity index (χ2v) is 15.9. The highest BCUT2D eigenvalue weighted by Gasteiger charge is 2.76. The Bertz CT molecular complexity index is 1610. The van der Waals surface area contributed by atoms with Gasteiger partial charge in [-0.15, -0.1) is 0 Å². The third-order valence-electron chi connectivity index (χ3n) is 10.9. The van der Waals surface area contributed by atoms with Crippen LogP contribution in [-0.2, 0) is 32.0 Å². The van der Waals surface area contributed by atoms with Crippen molar-refractivity contribution in [1.82, 2.24) is 0 Å². The Kier molecular flexibility index (Phi) is 7.92. The van der Waals surface area contributed by atoms with Crippen LogP contribution in [0.2, 0.25) is 0 Å². The van der Waals surface area contributed by atoms with Gasteiger partial charge in [-0.2, -0.15) is 0 Å². The third-order valence-corrected chi connectivity index (χ3v) is 10.9. The van der Waals surface area contributed by atoms with Gasteiger partial charge in [0.15, 0.2) is 28.7 Å². The van der Waals surface area contributed by atoms with E-state index in [4.69, 9.17) is 0 Å². The molecule has 0 radical (unpaired) electrons. The van der Waals surface area contributed by atoms with Crippen LogP contribution >= 0.6 is 0 Å². The van der Waals surface area contributed by atoms with E-state index in [2.05, 4.69) is 32.9 Å². The molecule has 6 atom stereocenters. The second kappa shape index (κ2) is 10.8. The van der Waals surface area contributed by atoms with Gasteiger partial charge in [0.2, 0.25) is 0 Å². The fourth-order valence-corrected chi connectivity index (χ4v) is 9.08. The van der Waals surface area contributed by atoms with Crippen LogP contribution in [0.3, 0.4) is 0 Å². The van der Waals surface area contributed by atoms with E-state index in [1.54, 1.807) is 33.8 Å². The Labute approximate surface area is 265 Å². The number of carbonyl (C=O) groups is 5. The van der Waals surface area contributed by atoms with Crippen molar-refractivity contribution in [1.29, 1.82) is 0 Å². The number of fused-ring (bicyclic) bond motifs is 3. The zero-order valence-electron chi connectivity index (χ0n) is 27.7. The summed E-state index contributed by atoms with van der Waals surface area (Å²) >= 11 is 0. The molecule has 240 valence electrons. The quantitative estimate of drug-likeness (QED) is 0.375. The van der Waals surface area contributed by atoms with Gasteiger partial charge >= 0.3 is 0 Å². The van der Waals surface area contributed by atoms with Crippen LogP contribution in [0, 0.1) is 39.9 Å². The predicted molar refractivity (Wildman–Crippen MR) is 171 cm³/mol. The van der Waals surface area contributed by atoms with Crippen LogP contribution in [0.4, 0.5) is 0 Å². The van der Waals surface area contributed by atoms with Crippen molar-refractivity contribution in [2.45, 2.75) is 93.1 Å². The van der Waals surface area contributed by atoms with E-state index in [9.17, 15) is 34.2 Å². The summed E-state index contributed by atoms with van der Waals surface area (Å²) in [5.41, 5.74) is -1.55. The van der Waals surface area contributed by atoms with Crippen LogP contribution in [0.25, 0.3) is 11.1 Å². The molecule has 2 saturated carbocycles. The molecule has 2 fully saturated rings. The molecular formula is C38H46O7. The van der Waals surface area contributed by atoms with Gasteiger partial charge in [-0.05, 0) is 84.1 Å². The minimum atomic E-state index is -2.69. The van der Waals surface area contributed by atoms with Crippen LogP contribution < -0.4 is 0 Å². The van der Waals surface area contributed by atoms with E-state index in [0.29, 0.717) is 5.56 Å². The van der Waals surface area contributed by atoms with Gasteiger partial charge in [-0.25, -0.2) is 0 Å². The number of ketones is 5. The smallest absolute Gasteiger partial charge is 0.190 e. The summed E-state index contributed by atoms with van der Waals surface area (Å²) in [4.78, 5) is 68.9. The lowest BCUT2D eigenvalue weighted by Gasteiger charge is -2.61. The topological polar surface area (TPSA) is 126 Å². The van der Waals surface area contributed by atoms with E-state index < -0.39 is 63.1 Å². The molecule has 2 aromatic carbocycles. The van der Waals surface area contributed by atoms with Crippen molar-refractivity contribution in [3.8, 4) is 16.9 Å². The molecule has 0 aliphatic heterocycles. The van der Waals surface area contributed by atoms with Gasteiger partial charge in [0.1, 0.15) is 17.5 Å². The second-order valence-electron chi connectivity index (χ2n) is 15.9. The van der Waals surface area contributed by atoms with E-state index in [0.717, 1.165) is 37.3 Å². The summed E-state index contributed by atoms with van der Waals surface area (Å²) in [7, 11) is 0. The highest BCUT2D eigenvalue weighted by molar-refractivity contribution is 6.32. The summed E-state index contributed by atoms with van der Waals surface area (Å²) < 4.78 is 0. The number of aromatic hydroxyl groups is 1. The molecule has 0 aromatic heterocycles. The lowest BCUT2D eigenvalue weighted by molar-refractivity contribution is -0.205. The number of aryl methyl sites for hydroxylation is 1. The first-order valence-corrected chi connectivity index (χ1v) is 16.1. The lowest BCUT2D eigenvalue weighted by atomic mass is 9.40. The predicted octanol–water partition coefficient (Wildman–Crippen LogP) is 6.13. The molecule has 0 heterocycles. The number of aliphatic hydroxyl groups is 1. The molecule has 7 nitrogen and oxygen atoms in total. The largest absolute Gasteiger partial charge is 0.507 e. The minimum Gasteiger partial charge on any atom is -0.507 e. The molecule has 0 saturated heterocycles. The van der Waals surface area contributed by atoms with Gasteiger partial charge in [0.25, 0.3) is 0 Å². The average Bonchev–Trinajstić information content (AvgIpc) is 2.90. The number of carbonyl (C=O) groups excluding carboxylic acids is 5. The first-order valence-electron chi connectivity index (χ1n) is 16.1. The van der Waals surface area contributed by atoms with E-state index >= 15 is 0 Å².